The van der Waals surface area contributed by atoms with E-state index in [1.807, 2.05) is 0 Å². The monoisotopic (exact) mass is 150 g/mol. The fraction of sp³-hybridized carbons (Fsp3) is 0.250. The van der Waals surface area contributed by atoms with Crippen LogP contribution in [0.5, 0.6) is 0 Å². The van der Waals surface area contributed by atoms with Gasteiger partial charge < -0.3 is 5.11 Å². The lowest BCUT2D eigenvalue weighted by Crippen LogP contribution is -2.00. The molecule has 1 atom stereocenters. The van der Waals surface area contributed by atoms with E-state index in [0.717, 1.165) is 0 Å². The van der Waals surface area contributed by atoms with Gasteiger partial charge in [-0.25, -0.2) is 9.97 Å². The molecule has 1 aromatic heterocycles. The quantitative estimate of drug-likeness (QED) is 0.656. The van der Waals surface area contributed by atoms with Gasteiger partial charge >= 0.3 is 0 Å². The van der Waals surface area contributed by atoms with Crippen molar-refractivity contribution in [3.05, 3.63) is 36.9 Å². The molecule has 0 saturated carbocycles. The molecule has 0 aliphatic carbocycles. The van der Waals surface area contributed by atoms with Crippen molar-refractivity contribution in [3.63, 3.8) is 0 Å². The summed E-state index contributed by atoms with van der Waals surface area (Å²) in [7, 11) is 0. The number of nitrogens with zero attached hydrogens (tertiary/aromatic N) is 2. The Morgan fingerprint density at radius 1 is 1.55 bits per heavy atom. The Kier molecular flexibility index (Phi) is 2.74. The van der Waals surface area contributed by atoms with Gasteiger partial charge in [-0.1, -0.05) is 6.08 Å². The lowest BCUT2D eigenvalue weighted by Gasteiger charge is -2.03. The second-order valence-corrected chi connectivity index (χ2v) is 2.15. The highest BCUT2D eigenvalue weighted by Gasteiger charge is 2.05. The molecule has 3 nitrogen and oxygen atoms in total. The summed E-state index contributed by atoms with van der Waals surface area (Å²) in [5, 5.41) is 9.32. The van der Waals surface area contributed by atoms with Gasteiger partial charge in [-0.05, 0) is 12.5 Å². The van der Waals surface area contributed by atoms with Gasteiger partial charge in [0, 0.05) is 12.4 Å². The third kappa shape index (κ3) is 2.13. The maximum absolute atomic E-state index is 9.32. The highest BCUT2D eigenvalue weighted by Crippen LogP contribution is 2.09. The van der Waals surface area contributed by atoms with Crippen molar-refractivity contribution in [3.8, 4) is 0 Å². The van der Waals surface area contributed by atoms with Gasteiger partial charge in [0.2, 0.25) is 0 Å². The molecule has 0 bridgehead atoms. The van der Waals surface area contributed by atoms with E-state index in [9.17, 15) is 5.11 Å². The summed E-state index contributed by atoms with van der Waals surface area (Å²) >= 11 is 0. The van der Waals surface area contributed by atoms with Gasteiger partial charge in [0.05, 0.1) is 0 Å². The van der Waals surface area contributed by atoms with Crippen molar-refractivity contribution in [2.75, 3.05) is 0 Å². The molecule has 3 heteroatoms. The molecular weight excluding hydrogens is 140 g/mol. The zero-order valence-corrected chi connectivity index (χ0v) is 6.14. The average molecular weight is 150 g/mol. The SMILES string of the molecule is C=CCC(O)c1ncccn1. The van der Waals surface area contributed by atoms with E-state index in [2.05, 4.69) is 16.5 Å². The van der Waals surface area contributed by atoms with Crippen molar-refractivity contribution in [1.29, 1.82) is 0 Å². The molecule has 1 unspecified atom stereocenters. The van der Waals surface area contributed by atoms with Gasteiger partial charge in [-0.2, -0.15) is 0 Å². The van der Waals surface area contributed by atoms with Gasteiger partial charge in [0.1, 0.15) is 6.10 Å². The van der Waals surface area contributed by atoms with Crippen molar-refractivity contribution < 1.29 is 5.11 Å². The zero-order valence-electron chi connectivity index (χ0n) is 6.14. The maximum Gasteiger partial charge on any atom is 0.157 e. The molecular formula is C8H10N2O. The van der Waals surface area contributed by atoms with E-state index in [1.54, 1.807) is 24.5 Å². The number of rotatable bonds is 3. The summed E-state index contributed by atoms with van der Waals surface area (Å²) in [6.07, 6.45) is 4.72. The standard InChI is InChI=1S/C8H10N2O/c1-2-4-7(11)8-9-5-3-6-10-8/h2-3,5-7,11H,1,4H2. The van der Waals surface area contributed by atoms with Gasteiger partial charge in [0.15, 0.2) is 5.82 Å². The van der Waals surface area contributed by atoms with Crippen molar-refractivity contribution in [2.45, 2.75) is 12.5 Å². The summed E-state index contributed by atoms with van der Waals surface area (Å²) in [5.41, 5.74) is 0. The molecule has 0 aromatic carbocycles. The van der Waals surface area contributed by atoms with E-state index in [1.165, 1.54) is 0 Å². The molecule has 1 aromatic rings. The molecule has 0 aliphatic rings. The molecule has 0 aliphatic heterocycles. The zero-order chi connectivity index (χ0) is 8.10. The minimum atomic E-state index is -0.617. The van der Waals surface area contributed by atoms with Crippen LogP contribution in [0, 0.1) is 0 Å². The summed E-state index contributed by atoms with van der Waals surface area (Å²) in [4.78, 5) is 7.78. The van der Waals surface area contributed by atoms with Crippen LogP contribution in [-0.4, -0.2) is 15.1 Å². The fourth-order valence-corrected chi connectivity index (χ4v) is 0.746. The van der Waals surface area contributed by atoms with Crippen LogP contribution in [0.15, 0.2) is 31.1 Å². The maximum atomic E-state index is 9.32. The molecule has 1 rings (SSSR count). The molecule has 0 spiro atoms. The first-order chi connectivity index (χ1) is 5.34. The van der Waals surface area contributed by atoms with Crippen LogP contribution < -0.4 is 0 Å². The molecule has 1 heterocycles. The van der Waals surface area contributed by atoms with Crippen LogP contribution in [0.1, 0.15) is 18.3 Å². The molecule has 0 fully saturated rings. The van der Waals surface area contributed by atoms with E-state index in [-0.39, 0.29) is 0 Å². The molecule has 58 valence electrons. The first-order valence-electron chi connectivity index (χ1n) is 3.40. The Morgan fingerprint density at radius 2 is 2.18 bits per heavy atom. The average Bonchev–Trinajstić information content (AvgIpc) is 2.07. The second kappa shape index (κ2) is 3.83. The fourth-order valence-electron chi connectivity index (χ4n) is 0.746. The number of hydrogen-bond donors (Lipinski definition) is 1. The van der Waals surface area contributed by atoms with Crippen LogP contribution in [0.25, 0.3) is 0 Å². The first kappa shape index (κ1) is 7.88. The highest BCUT2D eigenvalue weighted by atomic mass is 16.3. The number of hydrogen-bond acceptors (Lipinski definition) is 3. The van der Waals surface area contributed by atoms with Gasteiger partial charge in [0.25, 0.3) is 0 Å². The summed E-state index contributed by atoms with van der Waals surface area (Å²) in [6.45, 7) is 3.51. The summed E-state index contributed by atoms with van der Waals surface area (Å²) in [5.74, 6) is 0.451. The lowest BCUT2D eigenvalue weighted by molar-refractivity contribution is 0.171. The van der Waals surface area contributed by atoms with Gasteiger partial charge in [-0.3, -0.25) is 0 Å². The predicted molar refractivity (Wildman–Crippen MR) is 41.8 cm³/mol. The summed E-state index contributed by atoms with van der Waals surface area (Å²) < 4.78 is 0. The minimum absolute atomic E-state index is 0.451. The molecule has 0 radical (unpaired) electrons. The van der Waals surface area contributed by atoms with E-state index in [4.69, 9.17) is 0 Å². The number of aromatic nitrogens is 2. The van der Waals surface area contributed by atoms with Gasteiger partial charge in [-0.15, -0.1) is 6.58 Å². The Morgan fingerprint density at radius 3 is 2.73 bits per heavy atom. The highest BCUT2D eigenvalue weighted by molar-refractivity contribution is 4.94. The van der Waals surface area contributed by atoms with Crippen molar-refractivity contribution >= 4 is 0 Å². The van der Waals surface area contributed by atoms with Crippen LogP contribution >= 0.6 is 0 Å². The molecule has 11 heavy (non-hydrogen) atoms. The van der Waals surface area contributed by atoms with E-state index >= 15 is 0 Å². The first-order valence-corrected chi connectivity index (χ1v) is 3.40. The van der Waals surface area contributed by atoms with Crippen LogP contribution in [0.2, 0.25) is 0 Å². The largest absolute Gasteiger partial charge is 0.385 e. The van der Waals surface area contributed by atoms with Crippen molar-refractivity contribution in [1.82, 2.24) is 9.97 Å². The molecule has 1 N–H and O–H groups in total. The Labute approximate surface area is 65.4 Å². The Hall–Kier alpha value is -1.22. The van der Waals surface area contributed by atoms with Crippen LogP contribution in [-0.2, 0) is 0 Å². The lowest BCUT2D eigenvalue weighted by atomic mass is 10.2. The third-order valence-electron chi connectivity index (χ3n) is 1.27. The van der Waals surface area contributed by atoms with Crippen molar-refractivity contribution in [2.24, 2.45) is 0 Å². The Balaban J connectivity index is 2.68. The Bertz CT molecular complexity index is 223. The third-order valence-corrected chi connectivity index (χ3v) is 1.27. The predicted octanol–water partition coefficient (Wildman–Crippen LogP) is 1.09. The summed E-state index contributed by atoms with van der Waals surface area (Å²) in [6, 6.07) is 1.71. The van der Waals surface area contributed by atoms with E-state index in [0.29, 0.717) is 12.2 Å². The minimum Gasteiger partial charge on any atom is -0.385 e. The van der Waals surface area contributed by atoms with Crippen LogP contribution in [0.4, 0.5) is 0 Å². The number of aliphatic hydroxyl groups excluding tert-OH is 1. The molecule has 0 amide bonds. The van der Waals surface area contributed by atoms with E-state index < -0.39 is 6.10 Å². The number of aliphatic hydroxyl groups is 1. The second-order valence-electron chi connectivity index (χ2n) is 2.15. The van der Waals surface area contributed by atoms with Crippen LogP contribution in [0.3, 0.4) is 0 Å². The molecule has 0 saturated heterocycles. The smallest absolute Gasteiger partial charge is 0.157 e. The normalized spacial score (nSPS) is 12.5. The topological polar surface area (TPSA) is 46.0 Å².